The lowest BCUT2D eigenvalue weighted by Crippen LogP contribution is -2.38. The summed E-state index contributed by atoms with van der Waals surface area (Å²) in [5.74, 6) is -0.337. The number of hydrogen-bond donors (Lipinski definition) is 0. The van der Waals surface area contributed by atoms with Gasteiger partial charge in [0, 0.05) is 17.3 Å². The summed E-state index contributed by atoms with van der Waals surface area (Å²) in [7, 11) is 0. The molecule has 0 aromatic heterocycles. The van der Waals surface area contributed by atoms with Gasteiger partial charge in [-0.3, -0.25) is 0 Å². The topological polar surface area (TPSA) is 18.5 Å². The van der Waals surface area contributed by atoms with Crippen molar-refractivity contribution in [1.82, 2.24) is 0 Å². The summed E-state index contributed by atoms with van der Waals surface area (Å²) in [6.07, 6.45) is 3.84. The predicted octanol–water partition coefficient (Wildman–Crippen LogP) is 3.96. The predicted molar refractivity (Wildman–Crippen MR) is 78.6 cm³/mol. The zero-order chi connectivity index (χ0) is 14.2. The molecule has 20 heavy (non-hydrogen) atoms. The summed E-state index contributed by atoms with van der Waals surface area (Å²) in [5.41, 5.74) is 3.23. The van der Waals surface area contributed by atoms with Crippen LogP contribution in [0.5, 0.6) is 0 Å². The molecule has 3 aliphatic rings. The van der Waals surface area contributed by atoms with E-state index < -0.39 is 0 Å². The van der Waals surface area contributed by atoms with E-state index in [0.717, 1.165) is 6.42 Å². The van der Waals surface area contributed by atoms with E-state index in [-0.39, 0.29) is 28.8 Å². The van der Waals surface area contributed by atoms with Gasteiger partial charge in [-0.15, -0.1) is 0 Å². The molecule has 0 amide bonds. The van der Waals surface area contributed by atoms with Crippen molar-refractivity contribution < 1.29 is 9.47 Å². The van der Waals surface area contributed by atoms with E-state index in [1.807, 2.05) is 0 Å². The molecule has 3 fully saturated rings. The molecular formula is C18H24O2. The molecule has 2 heteroatoms. The van der Waals surface area contributed by atoms with E-state index in [1.54, 1.807) is 0 Å². The molecule has 1 spiro atoms. The molecule has 1 aliphatic heterocycles. The first-order valence-corrected chi connectivity index (χ1v) is 7.85. The van der Waals surface area contributed by atoms with Crippen molar-refractivity contribution in [2.75, 3.05) is 0 Å². The van der Waals surface area contributed by atoms with Crippen LogP contribution in [0.15, 0.2) is 24.3 Å². The summed E-state index contributed by atoms with van der Waals surface area (Å²) < 4.78 is 12.7. The quantitative estimate of drug-likeness (QED) is 0.770. The van der Waals surface area contributed by atoms with Gasteiger partial charge in [0.25, 0.3) is 0 Å². The Morgan fingerprint density at radius 3 is 2.15 bits per heavy atom. The molecule has 0 bridgehead atoms. The largest absolute Gasteiger partial charge is 0.344 e. The summed E-state index contributed by atoms with van der Waals surface area (Å²) >= 11 is 0. The molecular weight excluding hydrogens is 248 g/mol. The Morgan fingerprint density at radius 1 is 1.00 bits per heavy atom. The summed E-state index contributed by atoms with van der Waals surface area (Å²) in [6.45, 7) is 8.79. The SMILES string of the molecule is Cc1ccc(C23CCC4(O[C@@H](C)[C@H](C)O4)C2(C)C3)cc1. The van der Waals surface area contributed by atoms with Crippen LogP contribution in [-0.4, -0.2) is 18.0 Å². The molecule has 2 unspecified atom stereocenters. The second kappa shape index (κ2) is 3.66. The standard InChI is InChI=1S/C18H24O2/c1-12-5-7-15(8-6-12)17-9-10-18(16(17,4)11-17)19-13(2)14(3)20-18/h5-8,13-14H,9-11H2,1-4H3/t13-,14-,16?,17?/m0/s1. The first kappa shape index (κ1) is 12.8. The van der Waals surface area contributed by atoms with E-state index in [0.29, 0.717) is 0 Å². The van der Waals surface area contributed by atoms with Crippen LogP contribution in [0.25, 0.3) is 0 Å². The monoisotopic (exact) mass is 272 g/mol. The van der Waals surface area contributed by atoms with Gasteiger partial charge in [-0.05, 0) is 39.2 Å². The van der Waals surface area contributed by atoms with Crippen LogP contribution in [0.2, 0.25) is 0 Å². The molecule has 4 rings (SSSR count). The fraction of sp³-hybridized carbons (Fsp3) is 0.667. The Hall–Kier alpha value is -0.860. The van der Waals surface area contributed by atoms with Gasteiger partial charge in [0.15, 0.2) is 5.79 Å². The van der Waals surface area contributed by atoms with Crippen molar-refractivity contribution in [3.63, 3.8) is 0 Å². The Morgan fingerprint density at radius 2 is 1.60 bits per heavy atom. The first-order valence-electron chi connectivity index (χ1n) is 7.85. The molecule has 0 radical (unpaired) electrons. The van der Waals surface area contributed by atoms with Gasteiger partial charge in [0.05, 0.1) is 12.2 Å². The van der Waals surface area contributed by atoms with Crippen molar-refractivity contribution in [1.29, 1.82) is 0 Å². The molecule has 2 nitrogen and oxygen atoms in total. The van der Waals surface area contributed by atoms with Gasteiger partial charge < -0.3 is 9.47 Å². The Kier molecular flexibility index (Phi) is 2.35. The molecule has 1 heterocycles. The number of ether oxygens (including phenoxy) is 2. The molecule has 108 valence electrons. The summed E-state index contributed by atoms with van der Waals surface area (Å²) in [5, 5.41) is 0. The van der Waals surface area contributed by atoms with Crippen LogP contribution in [-0.2, 0) is 14.9 Å². The van der Waals surface area contributed by atoms with E-state index in [9.17, 15) is 0 Å². The van der Waals surface area contributed by atoms with Crippen molar-refractivity contribution in [3.05, 3.63) is 35.4 Å². The number of aryl methyl sites for hydroxylation is 1. The van der Waals surface area contributed by atoms with Crippen LogP contribution < -0.4 is 0 Å². The average molecular weight is 272 g/mol. The second-order valence-electron chi connectivity index (χ2n) is 7.36. The molecule has 0 N–H and O–H groups in total. The van der Waals surface area contributed by atoms with E-state index in [1.165, 1.54) is 24.0 Å². The number of hydrogen-bond acceptors (Lipinski definition) is 2. The fourth-order valence-electron chi connectivity index (χ4n) is 4.71. The second-order valence-corrected chi connectivity index (χ2v) is 7.36. The highest BCUT2D eigenvalue weighted by molar-refractivity contribution is 5.44. The molecule has 4 atom stereocenters. The molecule has 2 aliphatic carbocycles. The van der Waals surface area contributed by atoms with Crippen molar-refractivity contribution in [3.8, 4) is 0 Å². The van der Waals surface area contributed by atoms with Crippen molar-refractivity contribution in [2.45, 2.75) is 70.4 Å². The van der Waals surface area contributed by atoms with E-state index in [4.69, 9.17) is 9.47 Å². The van der Waals surface area contributed by atoms with Crippen LogP contribution in [0.4, 0.5) is 0 Å². The summed E-state index contributed by atoms with van der Waals surface area (Å²) in [6, 6.07) is 9.08. The minimum absolute atomic E-state index is 0.147. The highest BCUT2D eigenvalue weighted by Gasteiger charge is 2.81. The molecule has 1 aromatic rings. The summed E-state index contributed by atoms with van der Waals surface area (Å²) in [4.78, 5) is 0. The van der Waals surface area contributed by atoms with Gasteiger partial charge in [-0.1, -0.05) is 36.8 Å². The lowest BCUT2D eigenvalue weighted by atomic mass is 9.88. The first-order chi connectivity index (χ1) is 9.42. The van der Waals surface area contributed by atoms with Crippen LogP contribution >= 0.6 is 0 Å². The van der Waals surface area contributed by atoms with E-state index in [2.05, 4.69) is 52.0 Å². The number of rotatable bonds is 1. The minimum atomic E-state index is -0.337. The van der Waals surface area contributed by atoms with Crippen LogP contribution in [0.1, 0.15) is 51.2 Å². The van der Waals surface area contributed by atoms with Crippen LogP contribution in [0.3, 0.4) is 0 Å². The van der Waals surface area contributed by atoms with Gasteiger partial charge >= 0.3 is 0 Å². The Bertz CT molecular complexity index is 535. The number of fused-ring (bicyclic) bond motifs is 2. The normalized spacial score (nSPS) is 44.8. The Balaban J connectivity index is 1.71. The third-order valence-electron chi connectivity index (χ3n) is 6.33. The average Bonchev–Trinajstić information content (AvgIpc) is 2.84. The van der Waals surface area contributed by atoms with Gasteiger partial charge in [-0.25, -0.2) is 0 Å². The molecule has 1 aromatic carbocycles. The van der Waals surface area contributed by atoms with Gasteiger partial charge in [0.2, 0.25) is 0 Å². The highest BCUT2D eigenvalue weighted by Crippen LogP contribution is 2.79. The third-order valence-corrected chi connectivity index (χ3v) is 6.33. The van der Waals surface area contributed by atoms with Gasteiger partial charge in [0.1, 0.15) is 0 Å². The third kappa shape index (κ3) is 1.32. The maximum absolute atomic E-state index is 6.33. The van der Waals surface area contributed by atoms with E-state index >= 15 is 0 Å². The zero-order valence-electron chi connectivity index (χ0n) is 12.9. The smallest absolute Gasteiger partial charge is 0.175 e. The van der Waals surface area contributed by atoms with Crippen molar-refractivity contribution >= 4 is 0 Å². The van der Waals surface area contributed by atoms with Crippen molar-refractivity contribution in [2.24, 2.45) is 5.41 Å². The van der Waals surface area contributed by atoms with Gasteiger partial charge in [-0.2, -0.15) is 0 Å². The maximum atomic E-state index is 6.33. The molecule has 1 saturated heterocycles. The fourth-order valence-corrected chi connectivity index (χ4v) is 4.71. The minimum Gasteiger partial charge on any atom is -0.344 e. The highest BCUT2D eigenvalue weighted by atomic mass is 16.8. The Labute approximate surface area is 121 Å². The van der Waals surface area contributed by atoms with Crippen LogP contribution in [0, 0.1) is 12.3 Å². The lowest BCUT2D eigenvalue weighted by molar-refractivity contribution is -0.209. The number of benzene rings is 1. The maximum Gasteiger partial charge on any atom is 0.175 e. The zero-order valence-corrected chi connectivity index (χ0v) is 12.9. The molecule has 2 saturated carbocycles. The lowest BCUT2D eigenvalue weighted by Gasteiger charge is -2.31.